The van der Waals surface area contributed by atoms with Crippen molar-refractivity contribution in [1.82, 2.24) is 5.32 Å². The fourth-order valence-corrected chi connectivity index (χ4v) is 3.80. The zero-order valence-electron chi connectivity index (χ0n) is 13.5. The van der Waals surface area contributed by atoms with Crippen molar-refractivity contribution in [2.24, 2.45) is 0 Å². The van der Waals surface area contributed by atoms with Crippen LogP contribution in [0.3, 0.4) is 0 Å². The van der Waals surface area contributed by atoms with Crippen LogP contribution in [0.5, 0.6) is 5.75 Å². The molecule has 2 heterocycles. The largest absolute Gasteiger partial charge is 0.484 e. The van der Waals surface area contributed by atoms with E-state index >= 15 is 0 Å². The van der Waals surface area contributed by atoms with Gasteiger partial charge in [0.05, 0.1) is 6.54 Å². The minimum Gasteiger partial charge on any atom is -0.484 e. The summed E-state index contributed by atoms with van der Waals surface area (Å²) in [5.74, 6) is 0.323. The van der Waals surface area contributed by atoms with Gasteiger partial charge in [0.25, 0.3) is 5.91 Å². The van der Waals surface area contributed by atoms with E-state index in [1.807, 2.05) is 29.6 Å². The van der Waals surface area contributed by atoms with Gasteiger partial charge < -0.3 is 14.5 Å². The molecular formula is C19H17NO4S. The molecule has 0 spiro atoms. The van der Waals surface area contributed by atoms with Crippen LogP contribution in [0.2, 0.25) is 0 Å². The summed E-state index contributed by atoms with van der Waals surface area (Å²) < 4.78 is 10.9. The summed E-state index contributed by atoms with van der Waals surface area (Å²) in [7, 11) is 0. The second-order valence-corrected chi connectivity index (χ2v) is 7.04. The van der Waals surface area contributed by atoms with Gasteiger partial charge in [0.15, 0.2) is 6.61 Å². The number of benzene rings is 1. The van der Waals surface area contributed by atoms with Crippen LogP contribution in [0, 0.1) is 0 Å². The number of nitrogens with one attached hydrogen (secondary N) is 1. The molecule has 1 amide bonds. The van der Waals surface area contributed by atoms with Gasteiger partial charge >= 0.3 is 5.63 Å². The Labute approximate surface area is 148 Å². The minimum absolute atomic E-state index is 0.0773. The van der Waals surface area contributed by atoms with Gasteiger partial charge in [-0.1, -0.05) is 6.07 Å². The molecule has 1 aliphatic rings. The van der Waals surface area contributed by atoms with Crippen molar-refractivity contribution < 1.29 is 13.9 Å². The first-order valence-electron chi connectivity index (χ1n) is 8.21. The smallest absolute Gasteiger partial charge is 0.339 e. The molecule has 1 N–H and O–H groups in total. The third kappa shape index (κ3) is 3.30. The maximum absolute atomic E-state index is 12.0. The first-order valence-corrected chi connectivity index (χ1v) is 9.09. The minimum atomic E-state index is -0.258. The summed E-state index contributed by atoms with van der Waals surface area (Å²) in [6.45, 7) is 0.421. The summed E-state index contributed by atoms with van der Waals surface area (Å²) in [6.07, 6.45) is 2.68. The molecule has 0 saturated carbocycles. The molecule has 0 saturated heterocycles. The molecule has 4 rings (SSSR count). The highest BCUT2D eigenvalue weighted by Gasteiger charge is 2.19. The Morgan fingerprint density at radius 2 is 2.12 bits per heavy atom. The van der Waals surface area contributed by atoms with Crippen molar-refractivity contribution in [3.05, 3.63) is 62.1 Å². The molecule has 0 unspecified atom stereocenters. The number of thiophene rings is 1. The van der Waals surface area contributed by atoms with E-state index in [-0.39, 0.29) is 18.1 Å². The van der Waals surface area contributed by atoms with E-state index in [1.165, 1.54) is 0 Å². The van der Waals surface area contributed by atoms with Gasteiger partial charge in [-0.3, -0.25) is 4.79 Å². The van der Waals surface area contributed by atoms with Crippen molar-refractivity contribution in [2.45, 2.75) is 25.8 Å². The van der Waals surface area contributed by atoms with Gasteiger partial charge in [0, 0.05) is 21.9 Å². The van der Waals surface area contributed by atoms with E-state index < -0.39 is 0 Å². The molecule has 128 valence electrons. The van der Waals surface area contributed by atoms with E-state index in [1.54, 1.807) is 17.4 Å². The molecule has 0 aliphatic heterocycles. The zero-order chi connectivity index (χ0) is 17.2. The summed E-state index contributed by atoms with van der Waals surface area (Å²) in [5, 5.41) is 5.74. The zero-order valence-corrected chi connectivity index (χ0v) is 14.4. The highest BCUT2D eigenvalue weighted by molar-refractivity contribution is 7.09. The monoisotopic (exact) mass is 355 g/mol. The second-order valence-electron chi connectivity index (χ2n) is 6.00. The van der Waals surface area contributed by atoms with E-state index in [0.29, 0.717) is 17.9 Å². The third-order valence-electron chi connectivity index (χ3n) is 4.35. The summed E-state index contributed by atoms with van der Waals surface area (Å²) >= 11 is 1.59. The number of hydrogen-bond acceptors (Lipinski definition) is 5. The van der Waals surface area contributed by atoms with Crippen LogP contribution in [0.15, 0.2) is 44.9 Å². The van der Waals surface area contributed by atoms with Gasteiger partial charge in [0.2, 0.25) is 0 Å². The summed E-state index contributed by atoms with van der Waals surface area (Å²) in [5.41, 5.74) is 2.15. The Morgan fingerprint density at radius 1 is 1.24 bits per heavy atom. The molecule has 2 aromatic heterocycles. The SMILES string of the molecule is O=C(COc1ccc2c3c(c(=O)oc2c1)CCC3)NCc1cccs1. The lowest BCUT2D eigenvalue weighted by Crippen LogP contribution is -2.28. The first-order chi connectivity index (χ1) is 12.2. The predicted octanol–water partition coefficient (Wildman–Crippen LogP) is 3.04. The number of hydrogen-bond donors (Lipinski definition) is 1. The molecule has 0 fully saturated rings. The number of amides is 1. The molecule has 5 nitrogen and oxygen atoms in total. The van der Waals surface area contributed by atoms with Crippen molar-refractivity contribution in [3.63, 3.8) is 0 Å². The Balaban J connectivity index is 1.44. The second kappa shape index (κ2) is 6.72. The molecule has 0 atom stereocenters. The highest BCUT2D eigenvalue weighted by atomic mass is 32.1. The maximum Gasteiger partial charge on any atom is 0.339 e. The van der Waals surface area contributed by atoms with Crippen LogP contribution in [-0.4, -0.2) is 12.5 Å². The molecule has 0 bridgehead atoms. The van der Waals surface area contributed by atoms with E-state index in [4.69, 9.17) is 9.15 Å². The highest BCUT2D eigenvalue weighted by Crippen LogP contribution is 2.29. The van der Waals surface area contributed by atoms with Crippen LogP contribution in [0.1, 0.15) is 22.4 Å². The third-order valence-corrected chi connectivity index (χ3v) is 5.23. The molecular weight excluding hydrogens is 338 g/mol. The van der Waals surface area contributed by atoms with Crippen LogP contribution in [0.4, 0.5) is 0 Å². The van der Waals surface area contributed by atoms with Crippen LogP contribution < -0.4 is 15.7 Å². The lowest BCUT2D eigenvalue weighted by atomic mass is 10.1. The van der Waals surface area contributed by atoms with Gasteiger partial charge in [-0.15, -0.1) is 11.3 Å². The Bertz CT molecular complexity index is 975. The van der Waals surface area contributed by atoms with Crippen molar-refractivity contribution in [1.29, 1.82) is 0 Å². The first kappa shape index (κ1) is 15.9. The fourth-order valence-electron chi connectivity index (χ4n) is 3.15. The van der Waals surface area contributed by atoms with Crippen molar-refractivity contribution in [3.8, 4) is 5.75 Å². The van der Waals surface area contributed by atoms with Gasteiger partial charge in [-0.05, 0) is 48.4 Å². The lowest BCUT2D eigenvalue weighted by molar-refractivity contribution is -0.123. The molecule has 6 heteroatoms. The van der Waals surface area contributed by atoms with E-state index in [2.05, 4.69) is 5.32 Å². The number of aryl methyl sites for hydroxylation is 1. The van der Waals surface area contributed by atoms with Crippen LogP contribution in [-0.2, 0) is 24.2 Å². The van der Waals surface area contributed by atoms with Crippen LogP contribution in [0.25, 0.3) is 11.0 Å². The van der Waals surface area contributed by atoms with Gasteiger partial charge in [0.1, 0.15) is 11.3 Å². The van der Waals surface area contributed by atoms with Crippen molar-refractivity contribution >= 4 is 28.2 Å². The topological polar surface area (TPSA) is 68.5 Å². The molecule has 25 heavy (non-hydrogen) atoms. The number of carbonyl (C=O) groups excluding carboxylic acids is 1. The molecule has 3 aromatic rings. The standard InChI is InChI=1S/C19H17NO4S/c21-18(20-10-13-3-2-8-25-13)11-23-12-6-7-15-14-4-1-5-16(14)19(22)24-17(15)9-12/h2-3,6-9H,1,4-5,10-11H2,(H,20,21). The predicted molar refractivity (Wildman–Crippen MR) is 96.2 cm³/mol. The average molecular weight is 355 g/mol. The Hall–Kier alpha value is -2.60. The summed E-state index contributed by atoms with van der Waals surface area (Å²) in [4.78, 5) is 25.0. The van der Waals surface area contributed by atoms with Crippen molar-refractivity contribution in [2.75, 3.05) is 6.61 Å². The summed E-state index contributed by atoms with van der Waals surface area (Å²) in [6, 6.07) is 9.31. The van der Waals surface area contributed by atoms with Gasteiger partial charge in [-0.25, -0.2) is 4.79 Å². The maximum atomic E-state index is 12.0. The number of fused-ring (bicyclic) bond motifs is 3. The van der Waals surface area contributed by atoms with E-state index in [0.717, 1.165) is 40.7 Å². The number of ether oxygens (including phenoxy) is 1. The number of rotatable bonds is 5. The van der Waals surface area contributed by atoms with Crippen LogP contribution >= 0.6 is 11.3 Å². The average Bonchev–Trinajstić information content (AvgIpc) is 3.29. The lowest BCUT2D eigenvalue weighted by Gasteiger charge is -2.09. The Kier molecular flexibility index (Phi) is 4.28. The molecule has 1 aromatic carbocycles. The molecule has 0 radical (unpaired) electrons. The fraction of sp³-hybridized carbons (Fsp3) is 0.263. The molecule has 1 aliphatic carbocycles. The van der Waals surface area contributed by atoms with E-state index in [9.17, 15) is 9.59 Å². The van der Waals surface area contributed by atoms with Gasteiger partial charge in [-0.2, -0.15) is 0 Å². The Morgan fingerprint density at radius 3 is 2.96 bits per heavy atom. The quantitative estimate of drug-likeness (QED) is 0.714. The normalized spacial score (nSPS) is 13.0. The number of carbonyl (C=O) groups is 1.